The van der Waals surface area contributed by atoms with Crippen LogP contribution in [0.4, 0.5) is 0 Å². The van der Waals surface area contributed by atoms with E-state index in [0.717, 1.165) is 31.0 Å². The van der Waals surface area contributed by atoms with Crippen LogP contribution < -0.4 is 5.32 Å². The zero-order chi connectivity index (χ0) is 17.5. The summed E-state index contributed by atoms with van der Waals surface area (Å²) in [7, 11) is 3.50. The lowest BCUT2D eigenvalue weighted by Crippen LogP contribution is -2.41. The fourth-order valence-electron chi connectivity index (χ4n) is 2.73. The molecule has 1 heterocycles. The molecule has 5 heteroatoms. The number of carbonyl (C=O) groups is 1. The van der Waals surface area contributed by atoms with Crippen molar-refractivity contribution in [2.24, 2.45) is 4.99 Å². The average molecular weight is 328 g/mol. The van der Waals surface area contributed by atoms with E-state index in [1.165, 1.54) is 5.56 Å². The van der Waals surface area contributed by atoms with Gasteiger partial charge in [-0.3, -0.25) is 4.79 Å². The van der Waals surface area contributed by atoms with Crippen LogP contribution in [0.15, 0.2) is 47.5 Å². The van der Waals surface area contributed by atoms with Crippen molar-refractivity contribution in [2.45, 2.75) is 19.3 Å². The van der Waals surface area contributed by atoms with Gasteiger partial charge in [-0.25, -0.2) is 4.99 Å². The molecule has 1 atom stereocenters. The number of benzene rings is 1. The van der Waals surface area contributed by atoms with Gasteiger partial charge in [0, 0.05) is 39.6 Å². The Kier molecular flexibility index (Phi) is 6.41. The number of amides is 1. The predicted molar refractivity (Wildman–Crippen MR) is 99.2 cm³/mol. The molecule has 2 rings (SSSR count). The number of nitrogens with zero attached hydrogens (tertiary/aromatic N) is 3. The number of aliphatic imine (C=N–C) groups is 1. The Hall–Kier alpha value is -2.30. The van der Waals surface area contributed by atoms with E-state index in [1.807, 2.05) is 13.0 Å². The number of likely N-dealkylation sites (N-methyl/N-ethyl adjacent to an activating group) is 1. The largest absolute Gasteiger partial charge is 0.353 e. The van der Waals surface area contributed by atoms with E-state index in [1.54, 1.807) is 19.0 Å². The first kappa shape index (κ1) is 18.0. The number of hydrogen-bond donors (Lipinski definition) is 1. The average Bonchev–Trinajstić information content (AvgIpc) is 3.05. The molecule has 0 aliphatic carbocycles. The fraction of sp³-hybridized carbons (Fsp3) is 0.474. The Labute approximate surface area is 145 Å². The molecule has 0 bridgehead atoms. The summed E-state index contributed by atoms with van der Waals surface area (Å²) < 4.78 is 0. The van der Waals surface area contributed by atoms with Gasteiger partial charge < -0.3 is 15.1 Å². The van der Waals surface area contributed by atoms with Crippen LogP contribution in [0.2, 0.25) is 0 Å². The summed E-state index contributed by atoms with van der Waals surface area (Å²) >= 11 is 0. The van der Waals surface area contributed by atoms with Gasteiger partial charge in [0.1, 0.15) is 6.54 Å². The Balaban J connectivity index is 2.05. The maximum Gasteiger partial charge on any atom is 0.243 e. The summed E-state index contributed by atoms with van der Waals surface area (Å²) in [5.74, 6) is 1.31. The number of carbonyl (C=O) groups excluding carboxylic acids is 1. The standard InChI is InChI=1S/C19H28N4O/c1-15(2)12-20-19(21-13-18(24)22(3)4)23-11-10-17(14-23)16-8-6-5-7-9-16/h5-9,17H,1,10-14H2,2-4H3,(H,20,21). The normalized spacial score (nSPS) is 17.7. The number of rotatable bonds is 5. The first-order valence-electron chi connectivity index (χ1n) is 8.40. The predicted octanol–water partition coefficient (Wildman–Crippen LogP) is 2.09. The van der Waals surface area contributed by atoms with Crippen molar-refractivity contribution in [3.05, 3.63) is 48.0 Å². The van der Waals surface area contributed by atoms with Crippen molar-refractivity contribution in [3.8, 4) is 0 Å². The van der Waals surface area contributed by atoms with Crippen molar-refractivity contribution in [2.75, 3.05) is 40.3 Å². The number of hydrogen-bond acceptors (Lipinski definition) is 2. The molecule has 5 nitrogen and oxygen atoms in total. The molecule has 24 heavy (non-hydrogen) atoms. The molecule has 1 aliphatic heterocycles. The molecular formula is C19H28N4O. The first-order chi connectivity index (χ1) is 11.5. The monoisotopic (exact) mass is 328 g/mol. The maximum atomic E-state index is 11.8. The Morgan fingerprint density at radius 2 is 2.08 bits per heavy atom. The lowest BCUT2D eigenvalue weighted by Gasteiger charge is -2.22. The highest BCUT2D eigenvalue weighted by Gasteiger charge is 2.26. The van der Waals surface area contributed by atoms with E-state index in [4.69, 9.17) is 0 Å². The second-order valence-electron chi connectivity index (χ2n) is 6.58. The quantitative estimate of drug-likeness (QED) is 0.511. The smallest absolute Gasteiger partial charge is 0.243 e. The number of nitrogens with one attached hydrogen (secondary N) is 1. The van der Waals surface area contributed by atoms with Crippen LogP contribution in [-0.2, 0) is 4.79 Å². The topological polar surface area (TPSA) is 47.9 Å². The van der Waals surface area contributed by atoms with Gasteiger partial charge >= 0.3 is 0 Å². The van der Waals surface area contributed by atoms with Crippen molar-refractivity contribution >= 4 is 11.9 Å². The van der Waals surface area contributed by atoms with Crippen molar-refractivity contribution in [1.82, 2.24) is 15.1 Å². The number of likely N-dealkylation sites (tertiary alicyclic amines) is 1. The molecule has 1 amide bonds. The highest BCUT2D eigenvalue weighted by Crippen LogP contribution is 2.26. The van der Waals surface area contributed by atoms with E-state index in [0.29, 0.717) is 12.5 Å². The van der Waals surface area contributed by atoms with E-state index in [2.05, 4.69) is 46.1 Å². The van der Waals surface area contributed by atoms with Gasteiger partial charge in [0.2, 0.25) is 5.91 Å². The van der Waals surface area contributed by atoms with Crippen LogP contribution >= 0.6 is 0 Å². The summed E-state index contributed by atoms with van der Waals surface area (Å²) in [6.45, 7) is 8.60. The maximum absolute atomic E-state index is 11.8. The van der Waals surface area contributed by atoms with Gasteiger partial charge in [-0.05, 0) is 18.9 Å². The molecule has 1 saturated heterocycles. The minimum absolute atomic E-state index is 0.00318. The summed E-state index contributed by atoms with van der Waals surface area (Å²) in [6.07, 6.45) is 1.10. The second kappa shape index (κ2) is 8.52. The molecule has 1 aromatic carbocycles. The molecule has 0 spiro atoms. The van der Waals surface area contributed by atoms with Gasteiger partial charge in [0.15, 0.2) is 5.96 Å². The Bertz CT molecular complexity index is 595. The lowest BCUT2D eigenvalue weighted by molar-refractivity contribution is -0.127. The lowest BCUT2D eigenvalue weighted by atomic mass is 9.99. The van der Waals surface area contributed by atoms with Crippen LogP contribution in [0.1, 0.15) is 24.8 Å². The van der Waals surface area contributed by atoms with Crippen LogP contribution in [0.3, 0.4) is 0 Å². The zero-order valence-electron chi connectivity index (χ0n) is 15.0. The van der Waals surface area contributed by atoms with Crippen LogP contribution in [-0.4, -0.2) is 61.9 Å². The molecule has 1 aromatic rings. The summed E-state index contributed by atoms with van der Waals surface area (Å²) in [5.41, 5.74) is 2.41. The summed E-state index contributed by atoms with van der Waals surface area (Å²) in [6, 6.07) is 10.6. The zero-order valence-corrected chi connectivity index (χ0v) is 15.0. The van der Waals surface area contributed by atoms with E-state index in [9.17, 15) is 4.79 Å². The Morgan fingerprint density at radius 3 is 2.71 bits per heavy atom. The van der Waals surface area contributed by atoms with Gasteiger partial charge in [0.25, 0.3) is 0 Å². The SMILES string of the molecule is C=C(C)CNC(=NCC(=O)N(C)C)N1CCC(c2ccccc2)C1. The van der Waals surface area contributed by atoms with E-state index in [-0.39, 0.29) is 12.5 Å². The Morgan fingerprint density at radius 1 is 1.38 bits per heavy atom. The summed E-state index contributed by atoms with van der Waals surface area (Å²) in [4.78, 5) is 20.2. The van der Waals surface area contributed by atoms with Crippen molar-refractivity contribution < 1.29 is 4.79 Å². The third kappa shape index (κ3) is 5.11. The van der Waals surface area contributed by atoms with Crippen molar-refractivity contribution in [3.63, 3.8) is 0 Å². The molecule has 130 valence electrons. The van der Waals surface area contributed by atoms with E-state index < -0.39 is 0 Å². The van der Waals surface area contributed by atoms with Crippen LogP contribution in [0, 0.1) is 0 Å². The summed E-state index contributed by atoms with van der Waals surface area (Å²) in [5, 5.41) is 3.33. The molecule has 0 radical (unpaired) electrons. The van der Waals surface area contributed by atoms with Crippen molar-refractivity contribution in [1.29, 1.82) is 0 Å². The molecule has 1 N–H and O–H groups in total. The van der Waals surface area contributed by atoms with Gasteiger partial charge in [0.05, 0.1) is 0 Å². The third-order valence-electron chi connectivity index (χ3n) is 4.17. The van der Waals surface area contributed by atoms with Gasteiger partial charge in [-0.15, -0.1) is 0 Å². The highest BCUT2D eigenvalue weighted by molar-refractivity contribution is 5.85. The number of guanidine groups is 1. The molecule has 1 aliphatic rings. The van der Waals surface area contributed by atoms with Gasteiger partial charge in [-0.2, -0.15) is 0 Å². The van der Waals surface area contributed by atoms with Crippen LogP contribution in [0.25, 0.3) is 0 Å². The third-order valence-corrected chi connectivity index (χ3v) is 4.17. The molecule has 1 fully saturated rings. The molecule has 0 aromatic heterocycles. The molecule has 1 unspecified atom stereocenters. The minimum atomic E-state index is 0.00318. The fourth-order valence-corrected chi connectivity index (χ4v) is 2.73. The first-order valence-corrected chi connectivity index (χ1v) is 8.40. The second-order valence-corrected chi connectivity index (χ2v) is 6.58. The highest BCUT2D eigenvalue weighted by atomic mass is 16.2. The van der Waals surface area contributed by atoms with Gasteiger partial charge in [-0.1, -0.05) is 42.5 Å². The van der Waals surface area contributed by atoms with Crippen LogP contribution in [0.5, 0.6) is 0 Å². The minimum Gasteiger partial charge on any atom is -0.353 e. The molecular weight excluding hydrogens is 300 g/mol. The molecule has 0 saturated carbocycles. The van der Waals surface area contributed by atoms with E-state index >= 15 is 0 Å².